The number of nitrogens with zero attached hydrogens (tertiary/aromatic N) is 2. The first-order valence-corrected chi connectivity index (χ1v) is 6.00. The average Bonchev–Trinajstić information content (AvgIpc) is 2.87. The van der Waals surface area contributed by atoms with E-state index in [0.717, 1.165) is 12.5 Å². The molecule has 8 heteroatoms. The number of aromatic nitrogens is 1. The normalized spacial score (nSPS) is 10.7. The van der Waals surface area contributed by atoms with E-state index >= 15 is 0 Å². The predicted molar refractivity (Wildman–Crippen MR) is 67.4 cm³/mol. The fraction of sp³-hybridized carbons (Fsp3) is 0.333. The summed E-state index contributed by atoms with van der Waals surface area (Å²) in [5.74, 6) is -1.32. The molecule has 0 spiro atoms. The summed E-state index contributed by atoms with van der Waals surface area (Å²) in [7, 11) is 0. The maximum absolute atomic E-state index is 11.7. The molecular weight excluding hydrogens is 268 g/mol. The number of furan rings is 1. The third-order valence-electron chi connectivity index (χ3n) is 2.68. The van der Waals surface area contributed by atoms with Gasteiger partial charge in [-0.15, -0.1) is 0 Å². The van der Waals surface area contributed by atoms with Gasteiger partial charge in [0.15, 0.2) is 5.76 Å². The molecule has 0 amide bonds. The highest BCUT2D eigenvalue weighted by atomic mass is 16.6. The summed E-state index contributed by atoms with van der Waals surface area (Å²) in [6.45, 7) is 1.95. The third kappa shape index (κ3) is 2.68. The number of hydrogen-bond acceptors (Lipinski definition) is 7. The van der Waals surface area contributed by atoms with Gasteiger partial charge in [-0.05, 0) is 18.9 Å². The zero-order chi connectivity index (χ0) is 14.7. The lowest BCUT2D eigenvalue weighted by Gasteiger charge is -2.02. The smallest absolute Gasteiger partial charge is 0.433 e. The van der Waals surface area contributed by atoms with Gasteiger partial charge >= 0.3 is 11.5 Å². The summed E-state index contributed by atoms with van der Waals surface area (Å²) >= 11 is 0. The maximum Gasteiger partial charge on any atom is 0.433 e. The fourth-order valence-corrected chi connectivity index (χ4v) is 1.64. The van der Waals surface area contributed by atoms with Crippen molar-refractivity contribution in [2.24, 2.45) is 0 Å². The molecular formula is C12H12N2O6. The van der Waals surface area contributed by atoms with Crippen LogP contribution in [0.3, 0.4) is 0 Å². The molecule has 2 aromatic heterocycles. The minimum Gasteiger partial charge on any atom is -0.493 e. The van der Waals surface area contributed by atoms with Crippen LogP contribution in [0.5, 0.6) is 5.88 Å². The van der Waals surface area contributed by atoms with E-state index < -0.39 is 22.3 Å². The molecule has 0 saturated heterocycles. The molecule has 0 aliphatic carbocycles. The van der Waals surface area contributed by atoms with E-state index in [2.05, 4.69) is 4.98 Å². The lowest BCUT2D eigenvalue weighted by molar-refractivity contribution is -0.401. The molecule has 0 aliphatic rings. The van der Waals surface area contributed by atoms with Crippen molar-refractivity contribution >= 4 is 5.88 Å². The largest absolute Gasteiger partial charge is 0.493 e. The first-order valence-electron chi connectivity index (χ1n) is 6.00. The van der Waals surface area contributed by atoms with Gasteiger partial charge in [-0.2, -0.15) is 4.98 Å². The Morgan fingerprint density at radius 1 is 1.40 bits per heavy atom. The van der Waals surface area contributed by atoms with Gasteiger partial charge in [0, 0.05) is 0 Å². The van der Waals surface area contributed by atoms with E-state index in [1.807, 2.05) is 6.92 Å². The van der Waals surface area contributed by atoms with Gasteiger partial charge in [0.05, 0.1) is 11.6 Å². The van der Waals surface area contributed by atoms with Crippen LogP contribution in [0.1, 0.15) is 25.3 Å². The molecule has 2 aromatic rings. The lowest BCUT2D eigenvalue weighted by atomic mass is 10.1. The third-order valence-corrected chi connectivity index (χ3v) is 2.68. The number of hydrogen-bond donors (Lipinski definition) is 1. The van der Waals surface area contributed by atoms with E-state index in [-0.39, 0.29) is 17.2 Å². The van der Waals surface area contributed by atoms with E-state index in [0.29, 0.717) is 12.8 Å². The molecule has 0 fully saturated rings. The van der Waals surface area contributed by atoms with Gasteiger partial charge in [0.1, 0.15) is 4.92 Å². The highest BCUT2D eigenvalue weighted by Gasteiger charge is 2.19. The lowest BCUT2D eigenvalue weighted by Crippen LogP contribution is -2.09. The topological polar surface area (TPSA) is 120 Å². The van der Waals surface area contributed by atoms with E-state index in [4.69, 9.17) is 8.83 Å². The first kappa shape index (κ1) is 13.8. The SMILES string of the molecule is CCCCc1c(O)nc(-c2ccc([N+](=O)[O-])o2)oc1=O. The summed E-state index contributed by atoms with van der Waals surface area (Å²) in [4.78, 5) is 25.2. The van der Waals surface area contributed by atoms with Crippen LogP contribution in [0.25, 0.3) is 11.7 Å². The Labute approximate surface area is 112 Å². The minimum atomic E-state index is -0.725. The van der Waals surface area contributed by atoms with Crippen molar-refractivity contribution in [1.82, 2.24) is 4.98 Å². The number of nitro groups is 1. The summed E-state index contributed by atoms with van der Waals surface area (Å²) in [6.07, 6.45) is 1.92. The van der Waals surface area contributed by atoms with Crippen molar-refractivity contribution in [3.05, 3.63) is 38.2 Å². The highest BCUT2D eigenvalue weighted by Crippen LogP contribution is 2.25. The molecule has 0 bridgehead atoms. The van der Waals surface area contributed by atoms with Crippen molar-refractivity contribution in [3.63, 3.8) is 0 Å². The number of aromatic hydroxyl groups is 1. The van der Waals surface area contributed by atoms with Crippen molar-refractivity contribution in [3.8, 4) is 17.5 Å². The fourth-order valence-electron chi connectivity index (χ4n) is 1.64. The van der Waals surface area contributed by atoms with Crippen molar-refractivity contribution in [2.75, 3.05) is 0 Å². The summed E-state index contributed by atoms with van der Waals surface area (Å²) in [5, 5.41) is 20.2. The molecule has 0 radical (unpaired) electrons. The Hall–Kier alpha value is -2.64. The number of unbranched alkanes of at least 4 members (excludes halogenated alkanes) is 1. The standard InChI is InChI=1S/C12H12N2O6/c1-2-3-4-7-10(15)13-11(20-12(7)16)8-5-6-9(19-8)14(17)18/h5-6,15H,2-4H2,1H3. The molecule has 0 saturated carbocycles. The number of rotatable bonds is 5. The van der Waals surface area contributed by atoms with Crippen LogP contribution >= 0.6 is 0 Å². The molecule has 8 nitrogen and oxygen atoms in total. The molecule has 0 aromatic carbocycles. The van der Waals surface area contributed by atoms with Crippen molar-refractivity contribution in [1.29, 1.82) is 0 Å². The quantitative estimate of drug-likeness (QED) is 0.658. The Balaban J connectivity index is 2.38. The average molecular weight is 280 g/mol. The Morgan fingerprint density at radius 3 is 2.70 bits per heavy atom. The van der Waals surface area contributed by atoms with E-state index in [9.17, 15) is 20.0 Å². The summed E-state index contributed by atoms with van der Waals surface area (Å²) < 4.78 is 9.78. The highest BCUT2D eigenvalue weighted by molar-refractivity contribution is 5.47. The monoisotopic (exact) mass is 280 g/mol. The molecule has 1 N–H and O–H groups in total. The van der Waals surface area contributed by atoms with Gasteiger partial charge in [-0.3, -0.25) is 10.1 Å². The van der Waals surface area contributed by atoms with Crippen LogP contribution in [-0.4, -0.2) is 15.0 Å². The maximum atomic E-state index is 11.7. The second-order valence-corrected chi connectivity index (χ2v) is 4.11. The minimum absolute atomic E-state index is 0.0915. The second-order valence-electron chi connectivity index (χ2n) is 4.11. The molecule has 20 heavy (non-hydrogen) atoms. The molecule has 0 aliphatic heterocycles. The molecule has 0 atom stereocenters. The second kappa shape index (κ2) is 5.55. The summed E-state index contributed by atoms with van der Waals surface area (Å²) in [5.41, 5.74) is -0.628. The van der Waals surface area contributed by atoms with Gasteiger partial charge in [0.2, 0.25) is 5.88 Å². The van der Waals surface area contributed by atoms with Crippen LogP contribution in [-0.2, 0) is 6.42 Å². The van der Waals surface area contributed by atoms with Crippen LogP contribution in [0.4, 0.5) is 5.88 Å². The van der Waals surface area contributed by atoms with Crippen LogP contribution in [0, 0.1) is 10.1 Å². The predicted octanol–water partition coefficient (Wildman–Crippen LogP) is 2.25. The Morgan fingerprint density at radius 2 is 2.15 bits per heavy atom. The van der Waals surface area contributed by atoms with Crippen molar-refractivity contribution < 1.29 is 18.9 Å². The van der Waals surface area contributed by atoms with E-state index in [1.165, 1.54) is 6.07 Å². The zero-order valence-corrected chi connectivity index (χ0v) is 10.7. The van der Waals surface area contributed by atoms with Crippen LogP contribution in [0.2, 0.25) is 0 Å². The van der Waals surface area contributed by atoms with Gasteiger partial charge in [-0.25, -0.2) is 4.79 Å². The zero-order valence-electron chi connectivity index (χ0n) is 10.7. The van der Waals surface area contributed by atoms with E-state index in [1.54, 1.807) is 0 Å². The van der Waals surface area contributed by atoms with Crippen molar-refractivity contribution in [2.45, 2.75) is 26.2 Å². The summed E-state index contributed by atoms with van der Waals surface area (Å²) in [6, 6.07) is 2.35. The van der Waals surface area contributed by atoms with Crippen LogP contribution < -0.4 is 5.63 Å². The van der Waals surface area contributed by atoms with Gasteiger partial charge in [0.25, 0.3) is 5.89 Å². The molecule has 2 rings (SSSR count). The van der Waals surface area contributed by atoms with Gasteiger partial charge < -0.3 is 13.9 Å². The first-order chi connectivity index (χ1) is 9.52. The Kier molecular flexibility index (Phi) is 3.83. The molecule has 2 heterocycles. The van der Waals surface area contributed by atoms with Gasteiger partial charge in [-0.1, -0.05) is 13.3 Å². The Bertz CT molecular complexity index is 687. The van der Waals surface area contributed by atoms with Crippen LogP contribution in [0.15, 0.2) is 25.8 Å². The molecule has 0 unspecified atom stereocenters. The molecule has 106 valence electrons.